The molecule has 1 aromatic heterocycles. The number of nitrogens with zero attached hydrogens (tertiary/aromatic N) is 3. The number of rotatable bonds is 6. The van der Waals surface area contributed by atoms with Gasteiger partial charge in [-0.05, 0) is 37.1 Å². The highest BCUT2D eigenvalue weighted by atomic mass is 32.2. The third kappa shape index (κ3) is 5.23. The molecule has 1 heterocycles. The Kier molecular flexibility index (Phi) is 6.01. The zero-order valence-corrected chi connectivity index (χ0v) is 15.9. The van der Waals surface area contributed by atoms with E-state index in [0.29, 0.717) is 9.47 Å². The Hall–Kier alpha value is -2.53. The quantitative estimate of drug-likeness (QED) is 0.428. The number of aromatic nitrogens is 2. The smallest absolute Gasteiger partial charge is 0.269 e. The van der Waals surface area contributed by atoms with E-state index in [0.717, 1.165) is 36.7 Å². The van der Waals surface area contributed by atoms with Gasteiger partial charge in [0, 0.05) is 18.5 Å². The number of hydrazine groups is 1. The highest BCUT2D eigenvalue weighted by molar-refractivity contribution is 8.01. The fourth-order valence-electron chi connectivity index (χ4n) is 2.20. The summed E-state index contributed by atoms with van der Waals surface area (Å²) in [5, 5.41) is 8.53. The monoisotopic (exact) mass is 409 g/mol. The van der Waals surface area contributed by atoms with E-state index in [9.17, 15) is 18.8 Å². The molecule has 3 amide bonds. The van der Waals surface area contributed by atoms with Crippen molar-refractivity contribution in [3.63, 3.8) is 0 Å². The van der Waals surface area contributed by atoms with Gasteiger partial charge in [0.15, 0.2) is 4.34 Å². The second-order valence-electron chi connectivity index (χ2n) is 5.77. The Bertz CT molecular complexity index is 854. The second-order valence-corrected chi connectivity index (χ2v) is 7.95. The van der Waals surface area contributed by atoms with Crippen LogP contribution in [0.2, 0.25) is 0 Å². The van der Waals surface area contributed by atoms with E-state index in [2.05, 4.69) is 21.0 Å². The summed E-state index contributed by atoms with van der Waals surface area (Å²) >= 11 is 2.40. The van der Waals surface area contributed by atoms with E-state index in [-0.39, 0.29) is 23.3 Å². The summed E-state index contributed by atoms with van der Waals surface area (Å²) in [5.41, 5.74) is 4.76. The summed E-state index contributed by atoms with van der Waals surface area (Å²) < 4.78 is 13.4. The highest BCUT2D eigenvalue weighted by Crippen LogP contribution is 2.35. The molecule has 2 N–H and O–H groups in total. The molecule has 3 rings (SSSR count). The molecule has 2 aromatic rings. The first-order valence-corrected chi connectivity index (χ1v) is 9.85. The standard InChI is InChI=1S/C16H16FN5O3S2/c1-9(23)22(12-6-7-12)15-20-21-16(27-15)26-8-13(24)18-19-14(25)10-2-4-11(17)5-3-10/h2-5,12H,6-8H2,1H3,(H,18,24)(H,19,25). The molecule has 1 aliphatic rings. The Labute approximate surface area is 162 Å². The molecule has 8 nitrogen and oxygen atoms in total. The Morgan fingerprint density at radius 2 is 1.93 bits per heavy atom. The summed E-state index contributed by atoms with van der Waals surface area (Å²) in [6.07, 6.45) is 1.91. The molecule has 27 heavy (non-hydrogen) atoms. The third-order valence-corrected chi connectivity index (χ3v) is 5.66. The molecule has 1 saturated carbocycles. The first-order chi connectivity index (χ1) is 12.9. The summed E-state index contributed by atoms with van der Waals surface area (Å²) in [6.45, 7) is 1.49. The van der Waals surface area contributed by atoms with Gasteiger partial charge in [-0.25, -0.2) is 4.39 Å². The lowest BCUT2D eigenvalue weighted by molar-refractivity contribution is -0.119. The second kappa shape index (κ2) is 8.44. The van der Waals surface area contributed by atoms with E-state index in [1.54, 1.807) is 4.90 Å². The minimum absolute atomic E-state index is 0.0157. The van der Waals surface area contributed by atoms with Crippen LogP contribution in [0.1, 0.15) is 30.1 Å². The lowest BCUT2D eigenvalue weighted by Crippen LogP contribution is -2.42. The maximum absolute atomic E-state index is 12.8. The van der Waals surface area contributed by atoms with Crippen molar-refractivity contribution < 1.29 is 18.8 Å². The van der Waals surface area contributed by atoms with Gasteiger partial charge in [0.25, 0.3) is 5.91 Å². The molecular formula is C16H16FN5O3S2. The normalized spacial score (nSPS) is 13.1. The summed E-state index contributed by atoms with van der Waals surface area (Å²) in [7, 11) is 0. The van der Waals surface area contributed by atoms with Crippen LogP contribution in [0.4, 0.5) is 9.52 Å². The molecule has 1 aromatic carbocycles. The van der Waals surface area contributed by atoms with Crippen molar-refractivity contribution in [3.8, 4) is 0 Å². The van der Waals surface area contributed by atoms with Gasteiger partial charge >= 0.3 is 0 Å². The predicted octanol–water partition coefficient (Wildman–Crippen LogP) is 1.75. The SMILES string of the molecule is CC(=O)N(c1nnc(SCC(=O)NNC(=O)c2ccc(F)cc2)s1)C1CC1. The van der Waals surface area contributed by atoms with Crippen LogP contribution in [0.15, 0.2) is 28.6 Å². The van der Waals surface area contributed by atoms with Crippen molar-refractivity contribution in [2.24, 2.45) is 0 Å². The van der Waals surface area contributed by atoms with E-state index >= 15 is 0 Å². The summed E-state index contributed by atoms with van der Waals surface area (Å²) in [6, 6.07) is 5.14. The van der Waals surface area contributed by atoms with Gasteiger partial charge in [-0.15, -0.1) is 10.2 Å². The van der Waals surface area contributed by atoms with Crippen LogP contribution < -0.4 is 15.8 Å². The number of thioether (sulfide) groups is 1. The van der Waals surface area contributed by atoms with Crippen molar-refractivity contribution in [2.75, 3.05) is 10.7 Å². The molecule has 0 unspecified atom stereocenters. The van der Waals surface area contributed by atoms with Crippen LogP contribution in [0.25, 0.3) is 0 Å². The van der Waals surface area contributed by atoms with Crippen molar-refractivity contribution >= 4 is 46.0 Å². The van der Waals surface area contributed by atoms with E-state index in [1.165, 1.54) is 30.4 Å². The minimum atomic E-state index is -0.548. The van der Waals surface area contributed by atoms with E-state index < -0.39 is 17.6 Å². The third-order valence-electron chi connectivity index (χ3n) is 3.60. The number of carbonyl (C=O) groups excluding carboxylic acids is 3. The van der Waals surface area contributed by atoms with Gasteiger partial charge in [-0.2, -0.15) is 0 Å². The topological polar surface area (TPSA) is 104 Å². The number of amides is 3. The van der Waals surface area contributed by atoms with Crippen molar-refractivity contribution in [1.29, 1.82) is 0 Å². The van der Waals surface area contributed by atoms with Gasteiger partial charge in [0.1, 0.15) is 5.82 Å². The number of nitrogens with one attached hydrogen (secondary N) is 2. The van der Waals surface area contributed by atoms with Crippen molar-refractivity contribution in [1.82, 2.24) is 21.0 Å². The van der Waals surface area contributed by atoms with Crippen LogP contribution in [-0.4, -0.2) is 39.7 Å². The van der Waals surface area contributed by atoms with Crippen LogP contribution in [-0.2, 0) is 9.59 Å². The summed E-state index contributed by atoms with van der Waals surface area (Å²) in [4.78, 5) is 37.0. The average Bonchev–Trinajstić information content (AvgIpc) is 3.35. The lowest BCUT2D eigenvalue weighted by Gasteiger charge is -2.15. The fourth-order valence-corrected chi connectivity index (χ4v) is 3.96. The van der Waals surface area contributed by atoms with Gasteiger partial charge in [-0.1, -0.05) is 23.1 Å². The number of carbonyl (C=O) groups is 3. The molecule has 1 aliphatic carbocycles. The van der Waals surface area contributed by atoms with Crippen LogP contribution >= 0.6 is 23.1 Å². The number of halogens is 1. The summed E-state index contributed by atoms with van der Waals surface area (Å²) in [5.74, 6) is -1.49. The molecule has 0 spiro atoms. The largest absolute Gasteiger partial charge is 0.284 e. The molecule has 142 valence electrons. The predicted molar refractivity (Wildman–Crippen MR) is 98.8 cm³/mol. The average molecular weight is 409 g/mol. The maximum atomic E-state index is 12.8. The number of hydrogen-bond donors (Lipinski definition) is 2. The Morgan fingerprint density at radius 1 is 1.22 bits per heavy atom. The Balaban J connectivity index is 1.46. The molecule has 11 heteroatoms. The number of anilines is 1. The molecule has 0 atom stereocenters. The lowest BCUT2D eigenvalue weighted by atomic mass is 10.2. The molecular weight excluding hydrogens is 393 g/mol. The van der Waals surface area contributed by atoms with Crippen LogP contribution in [0.5, 0.6) is 0 Å². The van der Waals surface area contributed by atoms with Gasteiger partial charge in [0.05, 0.1) is 5.75 Å². The molecule has 0 bridgehead atoms. The molecule has 0 radical (unpaired) electrons. The van der Waals surface area contributed by atoms with Gasteiger partial charge in [-0.3, -0.25) is 30.1 Å². The fraction of sp³-hybridized carbons (Fsp3) is 0.312. The molecule has 0 saturated heterocycles. The zero-order valence-electron chi connectivity index (χ0n) is 14.3. The maximum Gasteiger partial charge on any atom is 0.269 e. The van der Waals surface area contributed by atoms with E-state index in [4.69, 9.17) is 0 Å². The minimum Gasteiger partial charge on any atom is -0.284 e. The van der Waals surface area contributed by atoms with Crippen LogP contribution in [0, 0.1) is 5.82 Å². The number of benzene rings is 1. The van der Waals surface area contributed by atoms with E-state index in [1.807, 2.05) is 0 Å². The van der Waals surface area contributed by atoms with Gasteiger partial charge < -0.3 is 0 Å². The van der Waals surface area contributed by atoms with Gasteiger partial charge in [0.2, 0.25) is 16.9 Å². The highest BCUT2D eigenvalue weighted by Gasteiger charge is 2.34. The first-order valence-electron chi connectivity index (χ1n) is 8.05. The van der Waals surface area contributed by atoms with Crippen molar-refractivity contribution in [2.45, 2.75) is 30.1 Å². The van der Waals surface area contributed by atoms with Crippen LogP contribution in [0.3, 0.4) is 0 Å². The molecule has 1 fully saturated rings. The number of hydrogen-bond acceptors (Lipinski definition) is 7. The zero-order chi connectivity index (χ0) is 19.4. The molecule has 0 aliphatic heterocycles. The Morgan fingerprint density at radius 3 is 2.56 bits per heavy atom. The first kappa shape index (κ1) is 19.2. The van der Waals surface area contributed by atoms with Crippen molar-refractivity contribution in [3.05, 3.63) is 35.6 Å².